The standard InChI is InChI=1S/C27H36ClN3O4S/c1-4-21-10-6-9-13-25(21)31(36(3,34)35)19-26(32)30(18-20-14-16-22(28)17-15-20)24(5-2)27(33)29-23-11-7-8-12-23/h6,9-10,13-17,23-24H,4-5,7-8,11-12,18-19H2,1-3H3,(H,29,33)/t24-/m1/s1. The Morgan fingerprint density at radius 3 is 2.28 bits per heavy atom. The highest BCUT2D eigenvalue weighted by Crippen LogP contribution is 2.25. The molecule has 0 aliphatic heterocycles. The van der Waals surface area contributed by atoms with Crippen LogP contribution in [0.3, 0.4) is 0 Å². The second kappa shape index (κ2) is 12.6. The normalized spacial score (nSPS) is 14.9. The van der Waals surface area contributed by atoms with Gasteiger partial charge in [0, 0.05) is 17.6 Å². The van der Waals surface area contributed by atoms with Gasteiger partial charge in [-0.2, -0.15) is 0 Å². The van der Waals surface area contributed by atoms with E-state index in [1.54, 1.807) is 24.3 Å². The van der Waals surface area contributed by atoms with Crippen molar-refractivity contribution in [3.63, 3.8) is 0 Å². The third-order valence-electron chi connectivity index (χ3n) is 6.67. The first-order valence-electron chi connectivity index (χ1n) is 12.5. The maximum atomic E-state index is 13.8. The first kappa shape index (κ1) is 28.0. The third kappa shape index (κ3) is 7.23. The molecular formula is C27H36ClN3O4S. The smallest absolute Gasteiger partial charge is 0.244 e. The zero-order valence-electron chi connectivity index (χ0n) is 21.2. The number of hydrogen-bond donors (Lipinski definition) is 1. The van der Waals surface area contributed by atoms with Crippen LogP contribution in [0, 0.1) is 0 Å². The Kier molecular flexibility index (Phi) is 9.79. The van der Waals surface area contributed by atoms with E-state index in [1.165, 1.54) is 4.90 Å². The molecule has 0 spiro atoms. The Hall–Kier alpha value is -2.58. The van der Waals surface area contributed by atoms with Crippen LogP contribution in [-0.4, -0.2) is 50.0 Å². The van der Waals surface area contributed by atoms with Gasteiger partial charge in [-0.05, 0) is 55.0 Å². The molecule has 2 aromatic carbocycles. The number of benzene rings is 2. The molecule has 3 rings (SSSR count). The molecule has 9 heteroatoms. The van der Waals surface area contributed by atoms with E-state index in [0.717, 1.165) is 47.4 Å². The molecule has 36 heavy (non-hydrogen) atoms. The minimum atomic E-state index is -3.76. The van der Waals surface area contributed by atoms with Gasteiger partial charge in [0.1, 0.15) is 12.6 Å². The lowest BCUT2D eigenvalue weighted by Gasteiger charge is -2.33. The molecule has 0 heterocycles. The Bertz CT molecular complexity index is 1150. The molecule has 1 aliphatic rings. The number of nitrogens with one attached hydrogen (secondary N) is 1. The molecule has 2 amide bonds. The van der Waals surface area contributed by atoms with Crippen molar-refractivity contribution in [1.29, 1.82) is 0 Å². The van der Waals surface area contributed by atoms with Crippen LogP contribution < -0.4 is 9.62 Å². The second-order valence-electron chi connectivity index (χ2n) is 9.31. The lowest BCUT2D eigenvalue weighted by molar-refractivity contribution is -0.140. The van der Waals surface area contributed by atoms with Crippen molar-refractivity contribution in [1.82, 2.24) is 10.2 Å². The fourth-order valence-electron chi connectivity index (χ4n) is 4.72. The molecule has 2 aromatic rings. The van der Waals surface area contributed by atoms with Crippen molar-refractivity contribution in [2.24, 2.45) is 0 Å². The van der Waals surface area contributed by atoms with E-state index < -0.39 is 28.5 Å². The predicted molar refractivity (Wildman–Crippen MR) is 144 cm³/mol. The van der Waals surface area contributed by atoms with Gasteiger partial charge >= 0.3 is 0 Å². The summed E-state index contributed by atoms with van der Waals surface area (Å²) in [6, 6.07) is 13.6. The van der Waals surface area contributed by atoms with Crippen LogP contribution in [0.15, 0.2) is 48.5 Å². The summed E-state index contributed by atoms with van der Waals surface area (Å²) in [6.07, 6.45) is 6.14. The zero-order chi connectivity index (χ0) is 26.3. The van der Waals surface area contributed by atoms with Crippen molar-refractivity contribution in [2.75, 3.05) is 17.1 Å². The number of amides is 2. The molecule has 1 atom stereocenters. The van der Waals surface area contributed by atoms with Crippen molar-refractivity contribution in [3.05, 3.63) is 64.7 Å². The Balaban J connectivity index is 1.94. The lowest BCUT2D eigenvalue weighted by Crippen LogP contribution is -2.53. The Labute approximate surface area is 219 Å². The number of anilines is 1. The zero-order valence-corrected chi connectivity index (χ0v) is 22.8. The molecule has 0 bridgehead atoms. The molecule has 0 aromatic heterocycles. The van der Waals surface area contributed by atoms with Crippen LogP contribution in [0.2, 0.25) is 5.02 Å². The lowest BCUT2D eigenvalue weighted by atomic mass is 10.1. The van der Waals surface area contributed by atoms with Crippen molar-refractivity contribution in [2.45, 2.75) is 71.0 Å². The van der Waals surface area contributed by atoms with Gasteiger partial charge in [0.25, 0.3) is 0 Å². The van der Waals surface area contributed by atoms with Crippen LogP contribution in [0.1, 0.15) is 57.1 Å². The van der Waals surface area contributed by atoms with Gasteiger partial charge in [-0.15, -0.1) is 0 Å². The molecule has 7 nitrogen and oxygen atoms in total. The molecule has 0 saturated heterocycles. The van der Waals surface area contributed by atoms with E-state index in [9.17, 15) is 18.0 Å². The summed E-state index contributed by atoms with van der Waals surface area (Å²) in [5, 5.41) is 3.68. The highest BCUT2D eigenvalue weighted by Gasteiger charge is 2.33. The average molecular weight is 534 g/mol. The van der Waals surface area contributed by atoms with E-state index in [1.807, 2.05) is 38.1 Å². The SMILES string of the molecule is CCc1ccccc1N(CC(=O)N(Cc1ccc(Cl)cc1)[C@H](CC)C(=O)NC1CCCC1)S(C)(=O)=O. The summed E-state index contributed by atoms with van der Waals surface area (Å²) in [4.78, 5) is 28.6. The topological polar surface area (TPSA) is 86.8 Å². The quantitative estimate of drug-likeness (QED) is 0.459. The summed E-state index contributed by atoms with van der Waals surface area (Å²) >= 11 is 6.04. The number of halogens is 1. The van der Waals surface area contributed by atoms with Gasteiger partial charge in [-0.25, -0.2) is 8.42 Å². The minimum Gasteiger partial charge on any atom is -0.352 e. The van der Waals surface area contributed by atoms with Gasteiger partial charge in [0.05, 0.1) is 11.9 Å². The first-order chi connectivity index (χ1) is 17.1. The van der Waals surface area contributed by atoms with E-state index in [0.29, 0.717) is 23.6 Å². The second-order valence-corrected chi connectivity index (χ2v) is 11.7. The van der Waals surface area contributed by atoms with Gasteiger partial charge in [-0.3, -0.25) is 13.9 Å². The highest BCUT2D eigenvalue weighted by atomic mass is 35.5. The van der Waals surface area contributed by atoms with E-state index in [4.69, 9.17) is 11.6 Å². The fourth-order valence-corrected chi connectivity index (χ4v) is 5.73. The van der Waals surface area contributed by atoms with Crippen LogP contribution in [-0.2, 0) is 32.6 Å². The van der Waals surface area contributed by atoms with Gasteiger partial charge in [-0.1, -0.05) is 68.6 Å². The van der Waals surface area contributed by atoms with E-state index >= 15 is 0 Å². The maximum Gasteiger partial charge on any atom is 0.244 e. The number of carbonyl (C=O) groups excluding carboxylic acids is 2. The first-order valence-corrected chi connectivity index (χ1v) is 14.8. The maximum absolute atomic E-state index is 13.8. The number of aryl methyl sites for hydroxylation is 1. The Morgan fingerprint density at radius 2 is 1.69 bits per heavy atom. The van der Waals surface area contributed by atoms with E-state index in [2.05, 4.69) is 5.32 Å². The van der Waals surface area contributed by atoms with Crippen molar-refractivity contribution < 1.29 is 18.0 Å². The van der Waals surface area contributed by atoms with Crippen LogP contribution in [0.5, 0.6) is 0 Å². The molecule has 1 aliphatic carbocycles. The summed E-state index contributed by atoms with van der Waals surface area (Å²) < 4.78 is 26.8. The fraction of sp³-hybridized carbons (Fsp3) is 0.481. The highest BCUT2D eigenvalue weighted by molar-refractivity contribution is 7.92. The summed E-state index contributed by atoms with van der Waals surface area (Å²) in [5.41, 5.74) is 2.11. The summed E-state index contributed by atoms with van der Waals surface area (Å²) in [7, 11) is -3.76. The number of hydrogen-bond acceptors (Lipinski definition) is 4. The molecule has 0 unspecified atom stereocenters. The number of rotatable bonds is 11. The molecule has 0 radical (unpaired) electrons. The molecular weight excluding hydrogens is 498 g/mol. The molecule has 1 saturated carbocycles. The monoisotopic (exact) mass is 533 g/mol. The van der Waals surface area contributed by atoms with Crippen molar-refractivity contribution >= 4 is 39.1 Å². The summed E-state index contributed by atoms with van der Waals surface area (Å²) in [6.45, 7) is 3.58. The van der Waals surface area contributed by atoms with Crippen molar-refractivity contribution in [3.8, 4) is 0 Å². The number of para-hydroxylation sites is 1. The van der Waals surface area contributed by atoms with Crippen LogP contribution in [0.4, 0.5) is 5.69 Å². The van der Waals surface area contributed by atoms with E-state index in [-0.39, 0.29) is 18.5 Å². The minimum absolute atomic E-state index is 0.114. The van der Waals surface area contributed by atoms with Gasteiger partial charge in [0.15, 0.2) is 0 Å². The number of sulfonamides is 1. The molecule has 196 valence electrons. The largest absolute Gasteiger partial charge is 0.352 e. The predicted octanol–water partition coefficient (Wildman–Crippen LogP) is 4.53. The third-order valence-corrected chi connectivity index (χ3v) is 8.05. The van der Waals surface area contributed by atoms with Crippen LogP contribution in [0.25, 0.3) is 0 Å². The number of carbonyl (C=O) groups is 2. The summed E-state index contributed by atoms with van der Waals surface area (Å²) in [5.74, 6) is -0.638. The average Bonchev–Trinajstić information content (AvgIpc) is 3.35. The molecule has 1 N–H and O–H groups in total. The molecule has 1 fully saturated rings. The number of nitrogens with zero attached hydrogens (tertiary/aromatic N) is 2. The van der Waals surface area contributed by atoms with Crippen LogP contribution >= 0.6 is 11.6 Å². The van der Waals surface area contributed by atoms with Gasteiger partial charge < -0.3 is 10.2 Å². The van der Waals surface area contributed by atoms with Gasteiger partial charge in [0.2, 0.25) is 21.8 Å². The Morgan fingerprint density at radius 1 is 1.06 bits per heavy atom.